The largest absolute Gasteiger partial charge is 0.370 e. The second kappa shape index (κ2) is 29.7. The molecule has 2 aliphatic rings. The van der Waals surface area contributed by atoms with Crippen LogP contribution in [0.15, 0.2) is 9.98 Å². The molecule has 362 valence electrons. The van der Waals surface area contributed by atoms with Crippen molar-refractivity contribution in [3.8, 4) is 0 Å². The van der Waals surface area contributed by atoms with E-state index in [4.69, 9.17) is 28.7 Å². The van der Waals surface area contributed by atoms with E-state index in [-0.39, 0.29) is 74.8 Å². The standard InChI is InChI=1S/C38H69N15O8S3/c1-21(2)16-26-33(58)51-24(9-6-13-45-38(42)43)32(57)47-18-30(55)50-27(31(39)56)19-63-64-20-28(48-22(3)54)34(59)52-25(11-15-62-4)36(61)53-14-7-10-29(53)35(60)49-23(17-46-26)8-5-12-44-37(40)41/h21,23-29,46H,5-20H2,1-4H3,(H2,39,56)(H,47,57)(H,48,54)(H,49,60)(H,50,55)(H,51,58)(H,52,59)(H4,40,41,44)(H4,42,43,45)/t23-,24-,25-,26-,27-,28+,29-/m0/s1. The van der Waals surface area contributed by atoms with Gasteiger partial charge in [0.05, 0.1) is 12.6 Å². The van der Waals surface area contributed by atoms with Crippen LogP contribution in [-0.2, 0) is 38.4 Å². The van der Waals surface area contributed by atoms with Gasteiger partial charge in [-0.25, -0.2) is 0 Å². The Morgan fingerprint density at radius 3 is 2.06 bits per heavy atom. The molecule has 2 rings (SSSR count). The molecule has 0 aliphatic carbocycles. The van der Waals surface area contributed by atoms with Gasteiger partial charge in [-0.2, -0.15) is 11.8 Å². The zero-order valence-electron chi connectivity index (χ0n) is 37.2. The van der Waals surface area contributed by atoms with Crippen LogP contribution in [-0.4, -0.2) is 163 Å². The molecule has 0 bridgehead atoms. The van der Waals surface area contributed by atoms with E-state index >= 15 is 0 Å². The molecule has 0 aromatic heterocycles. The maximum atomic E-state index is 14.2. The summed E-state index contributed by atoms with van der Waals surface area (Å²) < 4.78 is 0. The van der Waals surface area contributed by atoms with Crippen molar-refractivity contribution in [2.24, 2.45) is 44.6 Å². The van der Waals surface area contributed by atoms with Gasteiger partial charge in [0.1, 0.15) is 30.2 Å². The van der Waals surface area contributed by atoms with Gasteiger partial charge in [0, 0.05) is 50.7 Å². The lowest BCUT2D eigenvalue weighted by Crippen LogP contribution is -2.58. The first-order chi connectivity index (χ1) is 30.3. The molecule has 0 radical (unpaired) electrons. The Morgan fingerprint density at radius 1 is 0.812 bits per heavy atom. The molecule has 17 N–H and O–H groups in total. The quantitative estimate of drug-likeness (QED) is 0.0325. The third-order valence-corrected chi connectivity index (χ3v) is 13.0. The Labute approximate surface area is 386 Å². The lowest BCUT2D eigenvalue weighted by atomic mass is 10.0. The number of aliphatic imine (C=N–C) groups is 2. The summed E-state index contributed by atoms with van der Waals surface area (Å²) in [5.41, 5.74) is 27.6. The Balaban J connectivity index is 2.56. The van der Waals surface area contributed by atoms with Gasteiger partial charge in [0.15, 0.2) is 11.9 Å². The van der Waals surface area contributed by atoms with Gasteiger partial charge in [-0.1, -0.05) is 35.4 Å². The number of nitrogens with zero attached hydrogens (tertiary/aromatic N) is 3. The third kappa shape index (κ3) is 21.3. The number of thioether (sulfide) groups is 1. The average Bonchev–Trinajstić information content (AvgIpc) is 3.72. The van der Waals surface area contributed by atoms with Crippen molar-refractivity contribution >= 4 is 92.5 Å². The smallest absolute Gasteiger partial charge is 0.245 e. The van der Waals surface area contributed by atoms with Crippen LogP contribution >= 0.6 is 33.3 Å². The monoisotopic (exact) mass is 959 g/mol. The van der Waals surface area contributed by atoms with E-state index in [1.165, 1.54) is 23.6 Å². The van der Waals surface area contributed by atoms with Crippen LogP contribution in [0.4, 0.5) is 0 Å². The molecule has 0 aromatic carbocycles. The highest BCUT2D eigenvalue weighted by atomic mass is 33.1. The van der Waals surface area contributed by atoms with E-state index in [2.05, 4.69) is 47.2 Å². The number of primary amides is 1. The molecule has 0 spiro atoms. The molecule has 0 aromatic rings. The Kier molecular flexibility index (Phi) is 25.7. The van der Waals surface area contributed by atoms with E-state index in [0.717, 1.165) is 21.6 Å². The van der Waals surface area contributed by atoms with Gasteiger partial charge in [-0.05, 0) is 69.3 Å². The number of hydrogen-bond acceptors (Lipinski definition) is 14. The number of carbonyl (C=O) groups is 8. The minimum atomic E-state index is -1.18. The van der Waals surface area contributed by atoms with Crippen LogP contribution in [0.5, 0.6) is 0 Å². The maximum Gasteiger partial charge on any atom is 0.245 e. The summed E-state index contributed by atoms with van der Waals surface area (Å²) in [5.74, 6) is -4.51. The lowest BCUT2D eigenvalue weighted by molar-refractivity contribution is -0.142. The molecule has 23 nitrogen and oxygen atoms in total. The summed E-state index contributed by atoms with van der Waals surface area (Å²) in [6, 6.07) is -6.68. The van der Waals surface area contributed by atoms with E-state index in [0.29, 0.717) is 37.9 Å². The molecule has 26 heteroatoms. The van der Waals surface area contributed by atoms with Crippen molar-refractivity contribution in [3.63, 3.8) is 0 Å². The second-order valence-electron chi connectivity index (χ2n) is 15.8. The van der Waals surface area contributed by atoms with E-state index in [9.17, 15) is 38.4 Å². The molecule has 64 heavy (non-hydrogen) atoms. The van der Waals surface area contributed by atoms with Gasteiger partial charge < -0.3 is 70.8 Å². The molecular formula is C38H69N15O8S3. The highest BCUT2D eigenvalue weighted by molar-refractivity contribution is 8.76. The van der Waals surface area contributed by atoms with Gasteiger partial charge in [0.25, 0.3) is 0 Å². The normalized spacial score (nSPS) is 25.1. The predicted octanol–water partition coefficient (Wildman–Crippen LogP) is -3.72. The summed E-state index contributed by atoms with van der Waals surface area (Å²) >= 11 is 1.48. The number of rotatable bonds is 15. The summed E-state index contributed by atoms with van der Waals surface area (Å²) in [6.07, 6.45) is 4.58. The Morgan fingerprint density at radius 2 is 1.45 bits per heavy atom. The van der Waals surface area contributed by atoms with E-state index in [1.54, 1.807) is 0 Å². The minimum absolute atomic E-state index is 0.0106. The fourth-order valence-electron chi connectivity index (χ4n) is 6.81. The first-order valence-electron chi connectivity index (χ1n) is 21.2. The van der Waals surface area contributed by atoms with E-state index < -0.39 is 96.1 Å². The molecule has 0 saturated carbocycles. The molecular weight excluding hydrogens is 891 g/mol. The number of guanidine groups is 2. The number of fused-ring (bicyclic) bond motifs is 1. The molecule has 2 fully saturated rings. The number of nitrogens with one attached hydrogen (secondary N) is 7. The maximum absolute atomic E-state index is 14.2. The average molecular weight is 960 g/mol. The number of carbonyl (C=O) groups excluding carboxylic acids is 8. The fourth-order valence-corrected chi connectivity index (χ4v) is 9.62. The van der Waals surface area contributed by atoms with Crippen LogP contribution in [0.3, 0.4) is 0 Å². The van der Waals surface area contributed by atoms with Crippen molar-refractivity contribution in [1.82, 2.24) is 42.1 Å². The zero-order chi connectivity index (χ0) is 47.8. The number of amides is 8. The molecule has 0 unspecified atom stereocenters. The van der Waals surface area contributed by atoms with Gasteiger partial charge in [-0.3, -0.25) is 48.3 Å². The number of nitrogens with two attached hydrogens (primary N) is 5. The van der Waals surface area contributed by atoms with Gasteiger partial charge >= 0.3 is 0 Å². The molecule has 2 heterocycles. The fraction of sp³-hybridized carbons (Fsp3) is 0.737. The molecule has 2 saturated heterocycles. The first-order valence-corrected chi connectivity index (χ1v) is 25.1. The predicted molar refractivity (Wildman–Crippen MR) is 251 cm³/mol. The third-order valence-electron chi connectivity index (χ3n) is 9.98. The zero-order valence-corrected chi connectivity index (χ0v) is 39.6. The first kappa shape index (κ1) is 55.4. The van der Waals surface area contributed by atoms with Crippen molar-refractivity contribution in [2.45, 2.75) is 114 Å². The summed E-state index contributed by atoms with van der Waals surface area (Å²) in [6.45, 7) is 5.34. The summed E-state index contributed by atoms with van der Waals surface area (Å²) in [4.78, 5) is 117. The van der Waals surface area contributed by atoms with Crippen molar-refractivity contribution in [1.29, 1.82) is 0 Å². The topological polar surface area (TPSA) is 379 Å². The Bertz CT molecular complexity index is 1650. The SMILES string of the molecule is CSCC[C@@H]1NC(=O)[C@H](NC(C)=O)CSSC[C@@H](C(N)=O)NC(=O)CNC(=O)[C@H](CCCN=C(N)N)NC(=O)[C@H](CC(C)C)NC[C@H](CCCN=C(N)N)NC(=O)[C@@H]2CCCN2C1=O. The van der Waals surface area contributed by atoms with Crippen molar-refractivity contribution in [3.05, 3.63) is 0 Å². The molecule has 7 atom stereocenters. The highest BCUT2D eigenvalue weighted by Gasteiger charge is 2.39. The summed E-state index contributed by atoms with van der Waals surface area (Å²) in [5, 5.41) is 19.6. The summed E-state index contributed by atoms with van der Waals surface area (Å²) in [7, 11) is 2.22. The highest BCUT2D eigenvalue weighted by Crippen LogP contribution is 2.24. The van der Waals surface area contributed by atoms with Gasteiger partial charge in [0.2, 0.25) is 47.3 Å². The van der Waals surface area contributed by atoms with Crippen LogP contribution in [0.2, 0.25) is 0 Å². The van der Waals surface area contributed by atoms with Crippen molar-refractivity contribution < 1.29 is 38.4 Å². The minimum Gasteiger partial charge on any atom is -0.370 e. The van der Waals surface area contributed by atoms with Crippen LogP contribution < -0.4 is 65.9 Å². The molecule has 8 amide bonds. The van der Waals surface area contributed by atoms with Crippen LogP contribution in [0, 0.1) is 5.92 Å². The van der Waals surface area contributed by atoms with Crippen LogP contribution in [0.25, 0.3) is 0 Å². The van der Waals surface area contributed by atoms with Gasteiger partial charge in [-0.15, -0.1) is 0 Å². The molecule has 2 aliphatic heterocycles. The number of hydrogen-bond donors (Lipinski definition) is 12. The van der Waals surface area contributed by atoms with Crippen LogP contribution in [0.1, 0.15) is 72.1 Å². The van der Waals surface area contributed by atoms with Crippen molar-refractivity contribution in [2.75, 3.05) is 56.2 Å². The Hall–Kier alpha value is -4.69. The second-order valence-corrected chi connectivity index (χ2v) is 19.4. The lowest BCUT2D eigenvalue weighted by Gasteiger charge is -2.31. The van der Waals surface area contributed by atoms with E-state index in [1.807, 2.05) is 20.1 Å².